The second-order valence-electron chi connectivity index (χ2n) is 2.70. The van der Waals surface area contributed by atoms with Crippen molar-refractivity contribution in [3.05, 3.63) is 29.8 Å². The molecule has 0 amide bonds. The Morgan fingerprint density at radius 3 is 2.50 bits per heavy atom. The number of halogens is 1. The molecule has 0 spiro atoms. The molecule has 0 radical (unpaired) electrons. The molecule has 0 atom stereocenters. The minimum absolute atomic E-state index is 0. The van der Waals surface area contributed by atoms with Crippen molar-refractivity contribution in [3.8, 4) is 12.3 Å². The van der Waals surface area contributed by atoms with Gasteiger partial charge in [-0.05, 0) is 18.2 Å². The van der Waals surface area contributed by atoms with Gasteiger partial charge < -0.3 is 17.2 Å². The maximum atomic E-state index is 5.45. The highest BCUT2D eigenvalue weighted by Crippen LogP contribution is 2.13. The Morgan fingerprint density at radius 1 is 1.25 bits per heavy atom. The molecule has 84 valence electrons. The van der Waals surface area contributed by atoms with Crippen LogP contribution >= 0.6 is 12.4 Å². The molecule has 0 fully saturated rings. The summed E-state index contributed by atoms with van der Waals surface area (Å²) in [5.74, 6) is 2.34. The zero-order chi connectivity index (χ0) is 11.3. The molecule has 0 aromatic heterocycles. The Labute approximate surface area is 99.9 Å². The number of aliphatic imine (C=N–C) groups is 2. The number of rotatable bonds is 1. The Kier molecular flexibility index (Phi) is 5.46. The van der Waals surface area contributed by atoms with Crippen molar-refractivity contribution in [1.82, 2.24) is 0 Å². The fraction of sp³-hybridized carbons (Fsp3) is 0. The first-order chi connectivity index (χ1) is 7.11. The first kappa shape index (κ1) is 13.8. The van der Waals surface area contributed by atoms with Crippen LogP contribution in [0.5, 0.6) is 0 Å². The lowest BCUT2D eigenvalue weighted by atomic mass is 10.2. The molecule has 0 saturated carbocycles. The second-order valence-corrected chi connectivity index (χ2v) is 2.70. The standard InChI is InChI=1S/C10H11N5.ClH/c1-2-7-4-3-5-8(6-7)14-10(13)15-9(11)12;/h1,3-6H,(H6,11,12,13,14,15);1H. The van der Waals surface area contributed by atoms with Crippen molar-refractivity contribution >= 4 is 30.0 Å². The molecule has 6 N–H and O–H groups in total. The van der Waals surface area contributed by atoms with Crippen molar-refractivity contribution in [2.24, 2.45) is 27.2 Å². The molecular weight excluding hydrogens is 226 g/mol. The summed E-state index contributed by atoms with van der Waals surface area (Å²) in [5.41, 5.74) is 17.0. The Morgan fingerprint density at radius 2 is 1.94 bits per heavy atom. The molecule has 0 unspecified atom stereocenters. The molecule has 1 aromatic rings. The lowest BCUT2D eigenvalue weighted by Crippen LogP contribution is -2.26. The van der Waals surface area contributed by atoms with Gasteiger partial charge in [0.2, 0.25) is 5.96 Å². The summed E-state index contributed by atoms with van der Waals surface area (Å²) in [6, 6.07) is 7.01. The predicted molar refractivity (Wildman–Crippen MR) is 68.7 cm³/mol. The molecule has 0 saturated heterocycles. The number of hydrogen-bond donors (Lipinski definition) is 3. The number of guanidine groups is 2. The second kappa shape index (κ2) is 6.32. The quantitative estimate of drug-likeness (QED) is 0.372. The Balaban J connectivity index is 0.00000225. The van der Waals surface area contributed by atoms with E-state index >= 15 is 0 Å². The van der Waals surface area contributed by atoms with Gasteiger partial charge in [-0.25, -0.2) is 4.99 Å². The van der Waals surface area contributed by atoms with Crippen LogP contribution in [0.25, 0.3) is 0 Å². The van der Waals surface area contributed by atoms with E-state index < -0.39 is 0 Å². The van der Waals surface area contributed by atoms with Crippen LogP contribution in [0.4, 0.5) is 5.69 Å². The van der Waals surface area contributed by atoms with Crippen molar-refractivity contribution < 1.29 is 0 Å². The number of benzene rings is 1. The van der Waals surface area contributed by atoms with Crippen LogP contribution in [0.15, 0.2) is 34.3 Å². The summed E-state index contributed by atoms with van der Waals surface area (Å²) in [6.45, 7) is 0. The lowest BCUT2D eigenvalue weighted by Gasteiger charge is -1.96. The van der Waals surface area contributed by atoms with E-state index in [1.54, 1.807) is 24.3 Å². The normalized spacial score (nSPS) is 9.81. The lowest BCUT2D eigenvalue weighted by molar-refractivity contribution is 1.38. The molecule has 16 heavy (non-hydrogen) atoms. The van der Waals surface area contributed by atoms with Gasteiger partial charge in [0.05, 0.1) is 5.69 Å². The summed E-state index contributed by atoms with van der Waals surface area (Å²) >= 11 is 0. The summed E-state index contributed by atoms with van der Waals surface area (Å²) in [7, 11) is 0. The smallest absolute Gasteiger partial charge is 0.223 e. The fourth-order valence-electron chi connectivity index (χ4n) is 0.955. The molecule has 0 bridgehead atoms. The van der Waals surface area contributed by atoms with E-state index in [2.05, 4.69) is 15.9 Å². The van der Waals surface area contributed by atoms with Crippen molar-refractivity contribution in [3.63, 3.8) is 0 Å². The highest BCUT2D eigenvalue weighted by molar-refractivity contribution is 5.93. The molecule has 1 rings (SSSR count). The highest BCUT2D eigenvalue weighted by Gasteiger charge is 1.93. The van der Waals surface area contributed by atoms with Crippen LogP contribution in [0.2, 0.25) is 0 Å². The third kappa shape index (κ3) is 4.35. The van der Waals surface area contributed by atoms with E-state index in [4.69, 9.17) is 23.6 Å². The topological polar surface area (TPSA) is 103 Å². The van der Waals surface area contributed by atoms with Gasteiger partial charge in [0, 0.05) is 5.56 Å². The van der Waals surface area contributed by atoms with Crippen LogP contribution in [0.1, 0.15) is 5.56 Å². The number of nitrogens with two attached hydrogens (primary N) is 3. The van der Waals surface area contributed by atoms with Gasteiger partial charge in [-0.15, -0.1) is 18.8 Å². The molecule has 1 aromatic carbocycles. The zero-order valence-electron chi connectivity index (χ0n) is 8.42. The largest absolute Gasteiger partial charge is 0.370 e. The van der Waals surface area contributed by atoms with E-state index in [0.717, 1.165) is 0 Å². The Hall–Kier alpha value is -2.19. The highest BCUT2D eigenvalue weighted by atomic mass is 35.5. The summed E-state index contributed by atoms with van der Waals surface area (Å²) in [4.78, 5) is 7.54. The van der Waals surface area contributed by atoms with Crippen molar-refractivity contribution in [2.75, 3.05) is 0 Å². The van der Waals surface area contributed by atoms with E-state index in [0.29, 0.717) is 11.3 Å². The van der Waals surface area contributed by atoms with Crippen molar-refractivity contribution in [1.29, 1.82) is 0 Å². The van der Waals surface area contributed by atoms with Crippen LogP contribution in [-0.2, 0) is 0 Å². The molecule has 0 aliphatic rings. The van der Waals surface area contributed by atoms with Gasteiger partial charge in [0.1, 0.15) is 0 Å². The average molecular weight is 238 g/mol. The number of terminal acetylenes is 1. The first-order valence-corrected chi connectivity index (χ1v) is 4.12. The maximum Gasteiger partial charge on any atom is 0.223 e. The van der Waals surface area contributed by atoms with Gasteiger partial charge >= 0.3 is 0 Å². The van der Waals surface area contributed by atoms with Gasteiger partial charge in [-0.3, -0.25) is 0 Å². The molecular formula is C10H12ClN5. The van der Waals surface area contributed by atoms with Gasteiger partial charge in [0.25, 0.3) is 0 Å². The number of nitrogens with zero attached hydrogens (tertiary/aromatic N) is 2. The van der Waals surface area contributed by atoms with Crippen LogP contribution in [0, 0.1) is 12.3 Å². The Bertz CT molecular complexity index is 455. The number of hydrogen-bond acceptors (Lipinski definition) is 1. The minimum atomic E-state index is -0.135. The summed E-state index contributed by atoms with van der Waals surface area (Å²) in [5, 5.41) is 0. The van der Waals surface area contributed by atoms with E-state index in [1.807, 2.05) is 0 Å². The van der Waals surface area contributed by atoms with Gasteiger partial charge in [-0.1, -0.05) is 12.0 Å². The molecule has 5 nitrogen and oxygen atoms in total. The fourth-order valence-corrected chi connectivity index (χ4v) is 0.955. The van der Waals surface area contributed by atoms with Gasteiger partial charge in [-0.2, -0.15) is 4.99 Å². The van der Waals surface area contributed by atoms with Crippen LogP contribution < -0.4 is 17.2 Å². The van der Waals surface area contributed by atoms with Crippen LogP contribution in [-0.4, -0.2) is 11.9 Å². The summed E-state index contributed by atoms with van der Waals surface area (Å²) < 4.78 is 0. The molecule has 0 aliphatic heterocycles. The third-order valence-corrected chi connectivity index (χ3v) is 1.50. The maximum absolute atomic E-state index is 5.45. The van der Waals surface area contributed by atoms with E-state index in [1.165, 1.54) is 0 Å². The van der Waals surface area contributed by atoms with E-state index in [9.17, 15) is 0 Å². The first-order valence-electron chi connectivity index (χ1n) is 4.12. The summed E-state index contributed by atoms with van der Waals surface area (Å²) in [6.07, 6.45) is 5.23. The van der Waals surface area contributed by atoms with Gasteiger partial charge in [0.15, 0.2) is 5.96 Å². The zero-order valence-corrected chi connectivity index (χ0v) is 9.24. The SMILES string of the molecule is C#Cc1cccc(N=C(N)N=C(N)N)c1.Cl. The van der Waals surface area contributed by atoms with E-state index in [-0.39, 0.29) is 24.3 Å². The molecule has 0 aliphatic carbocycles. The molecule has 6 heteroatoms. The molecule has 0 heterocycles. The minimum Gasteiger partial charge on any atom is -0.370 e. The van der Waals surface area contributed by atoms with Crippen molar-refractivity contribution in [2.45, 2.75) is 0 Å². The average Bonchev–Trinajstić information content (AvgIpc) is 2.16. The van der Waals surface area contributed by atoms with Crippen LogP contribution in [0.3, 0.4) is 0 Å². The third-order valence-electron chi connectivity index (χ3n) is 1.50. The predicted octanol–water partition coefficient (Wildman–Crippen LogP) is 0.309. The monoisotopic (exact) mass is 237 g/mol.